The molecule has 6 rings (SSSR count). The first kappa shape index (κ1) is 16.3. The first-order valence-electron chi connectivity index (χ1n) is 13.7. The molecule has 164 valence electrons. The van der Waals surface area contributed by atoms with Crippen LogP contribution in [0.1, 0.15) is 60.3 Å². The van der Waals surface area contributed by atoms with E-state index >= 15 is 0 Å². The number of furan rings is 1. The molecule has 0 radical (unpaired) electrons. The number of hydrogen-bond acceptors (Lipinski definition) is 2. The van der Waals surface area contributed by atoms with Gasteiger partial charge in [0.1, 0.15) is 11.2 Å². The van der Waals surface area contributed by atoms with Crippen molar-refractivity contribution >= 4 is 21.9 Å². The zero-order chi connectivity index (χ0) is 25.9. The Hall–Kier alpha value is -3.39. The van der Waals surface area contributed by atoms with Gasteiger partial charge in [-0.25, -0.2) is 0 Å². The fourth-order valence-electron chi connectivity index (χ4n) is 5.18. The largest absolute Gasteiger partial charge is 0.456 e. The average molecular weight is 436 g/mol. The lowest BCUT2D eigenvalue weighted by molar-refractivity contribution is 0.669. The van der Waals surface area contributed by atoms with Crippen LogP contribution in [0.5, 0.6) is 0 Å². The molecule has 0 saturated carbocycles. The standard InChI is InChI=1S/C31H29NO/c1-19(2)27-17-29(32-18-20(27)3)23-12-14-30-28(15-23)26-13-11-22(16-31(26)33-30)25-10-6-8-21-7-4-5-9-24(21)25/h6,8,10-19H,4-5,7,9H2,1-3H3/i3D3,19D. The van der Waals surface area contributed by atoms with Crippen LogP contribution in [-0.2, 0) is 12.8 Å². The third-order valence-electron chi connectivity index (χ3n) is 6.92. The summed E-state index contributed by atoms with van der Waals surface area (Å²) < 4.78 is 38.4. The highest BCUT2D eigenvalue weighted by Crippen LogP contribution is 2.37. The molecule has 0 amide bonds. The van der Waals surface area contributed by atoms with E-state index in [1.165, 1.54) is 41.3 Å². The van der Waals surface area contributed by atoms with Crippen LogP contribution in [0, 0.1) is 6.85 Å². The van der Waals surface area contributed by atoms with Gasteiger partial charge in [0.15, 0.2) is 0 Å². The van der Waals surface area contributed by atoms with Crippen LogP contribution in [-0.4, -0.2) is 4.98 Å². The molecule has 2 nitrogen and oxygen atoms in total. The van der Waals surface area contributed by atoms with Crippen LogP contribution in [0.25, 0.3) is 44.3 Å². The minimum atomic E-state index is -2.32. The predicted molar refractivity (Wildman–Crippen MR) is 138 cm³/mol. The number of hydrogen-bond donors (Lipinski definition) is 0. The molecule has 1 aliphatic rings. The molecule has 2 aromatic heterocycles. The minimum Gasteiger partial charge on any atom is -0.456 e. The average Bonchev–Trinajstić information content (AvgIpc) is 3.24. The third kappa shape index (κ3) is 3.45. The van der Waals surface area contributed by atoms with Gasteiger partial charge >= 0.3 is 0 Å². The lowest BCUT2D eigenvalue weighted by Gasteiger charge is -2.19. The van der Waals surface area contributed by atoms with Crippen molar-refractivity contribution in [1.82, 2.24) is 4.98 Å². The number of fused-ring (bicyclic) bond motifs is 4. The molecule has 2 heteroatoms. The van der Waals surface area contributed by atoms with Gasteiger partial charge in [-0.2, -0.15) is 0 Å². The summed E-state index contributed by atoms with van der Waals surface area (Å²) in [6.45, 7) is 1.09. The molecule has 1 aliphatic carbocycles. The molecule has 5 aromatic rings. The molecule has 2 heterocycles. The second kappa shape index (κ2) is 7.88. The molecular formula is C31H29NO. The lowest BCUT2D eigenvalue weighted by Crippen LogP contribution is -2.04. The van der Waals surface area contributed by atoms with Gasteiger partial charge in [-0.05, 0) is 108 Å². The van der Waals surface area contributed by atoms with Gasteiger partial charge in [0, 0.05) is 28.0 Å². The Bertz CT molecular complexity index is 1660. The molecule has 0 saturated heterocycles. The summed E-state index contributed by atoms with van der Waals surface area (Å²) in [6, 6.07) is 20.8. The Morgan fingerprint density at radius 2 is 1.79 bits per heavy atom. The van der Waals surface area contributed by atoms with Crippen LogP contribution in [0.4, 0.5) is 0 Å². The number of rotatable bonds is 3. The van der Waals surface area contributed by atoms with Crippen LogP contribution in [0.2, 0.25) is 0 Å². The van der Waals surface area contributed by atoms with E-state index < -0.39 is 12.7 Å². The first-order chi connectivity index (χ1) is 17.6. The van der Waals surface area contributed by atoms with Gasteiger partial charge in [0.2, 0.25) is 0 Å². The van der Waals surface area contributed by atoms with E-state index in [4.69, 9.17) is 9.90 Å². The van der Waals surface area contributed by atoms with E-state index in [0.29, 0.717) is 11.3 Å². The molecular weight excluding hydrogens is 402 g/mol. The van der Waals surface area contributed by atoms with Gasteiger partial charge in [0.25, 0.3) is 0 Å². The van der Waals surface area contributed by atoms with Crippen LogP contribution in [0.15, 0.2) is 71.3 Å². The SMILES string of the molecule is [2H]C([2H])([2H])c1cnc(-c2ccc3oc4cc(-c5cccc6c5CCCC6)ccc4c3c2)cc1C([2H])(C)C. The molecule has 0 spiro atoms. The van der Waals surface area contributed by atoms with E-state index in [-0.39, 0.29) is 5.56 Å². The summed E-state index contributed by atoms with van der Waals surface area (Å²) in [4.78, 5) is 4.48. The van der Waals surface area contributed by atoms with Crippen molar-refractivity contribution in [2.45, 2.75) is 52.3 Å². The van der Waals surface area contributed by atoms with Crippen LogP contribution in [0.3, 0.4) is 0 Å². The summed E-state index contributed by atoms with van der Waals surface area (Å²) in [5.41, 5.74) is 9.14. The fraction of sp³-hybridized carbons (Fsp3) is 0.258. The number of aromatic nitrogens is 1. The maximum atomic E-state index is 8.52. The maximum Gasteiger partial charge on any atom is 0.136 e. The monoisotopic (exact) mass is 435 g/mol. The molecule has 0 fully saturated rings. The van der Waals surface area contributed by atoms with Crippen molar-refractivity contribution in [2.24, 2.45) is 0 Å². The Morgan fingerprint density at radius 3 is 2.67 bits per heavy atom. The number of benzene rings is 3. The highest BCUT2D eigenvalue weighted by molar-refractivity contribution is 6.07. The molecule has 0 bridgehead atoms. The summed E-state index contributed by atoms with van der Waals surface area (Å²) in [7, 11) is 0. The first-order valence-corrected chi connectivity index (χ1v) is 11.7. The lowest BCUT2D eigenvalue weighted by atomic mass is 9.86. The van der Waals surface area contributed by atoms with E-state index in [2.05, 4.69) is 41.4 Å². The zero-order valence-corrected chi connectivity index (χ0v) is 19.0. The maximum absolute atomic E-state index is 8.52. The fourth-order valence-corrected chi connectivity index (χ4v) is 5.18. The quantitative estimate of drug-likeness (QED) is 0.283. The number of pyridine rings is 1. The smallest absolute Gasteiger partial charge is 0.136 e. The van der Waals surface area contributed by atoms with Crippen molar-refractivity contribution in [3.63, 3.8) is 0 Å². The normalized spacial score (nSPS) is 16.2. The van der Waals surface area contributed by atoms with E-state index in [1.807, 2.05) is 18.2 Å². The summed E-state index contributed by atoms with van der Waals surface area (Å²) >= 11 is 0. The zero-order valence-electron chi connectivity index (χ0n) is 23.0. The number of nitrogens with zero attached hydrogens (tertiary/aromatic N) is 1. The molecule has 3 aromatic carbocycles. The van der Waals surface area contributed by atoms with E-state index in [1.54, 1.807) is 19.9 Å². The topological polar surface area (TPSA) is 26.0 Å². The van der Waals surface area contributed by atoms with Crippen molar-refractivity contribution in [3.8, 4) is 22.4 Å². The molecule has 0 aliphatic heterocycles. The second-order valence-electron chi connectivity index (χ2n) is 9.29. The van der Waals surface area contributed by atoms with E-state index in [0.717, 1.165) is 40.3 Å². The second-order valence-corrected chi connectivity index (χ2v) is 9.29. The van der Waals surface area contributed by atoms with E-state index in [9.17, 15) is 0 Å². The third-order valence-corrected chi connectivity index (χ3v) is 6.92. The Labute approximate surface area is 200 Å². The number of aryl methyl sites for hydroxylation is 2. The van der Waals surface area contributed by atoms with Gasteiger partial charge in [0.05, 0.1) is 5.69 Å². The molecule has 0 atom stereocenters. The predicted octanol–water partition coefficient (Wildman–Crippen LogP) is 8.63. The van der Waals surface area contributed by atoms with Crippen molar-refractivity contribution in [2.75, 3.05) is 0 Å². The highest BCUT2D eigenvalue weighted by Gasteiger charge is 2.16. The van der Waals surface area contributed by atoms with Gasteiger partial charge in [-0.15, -0.1) is 0 Å². The highest BCUT2D eigenvalue weighted by atomic mass is 16.3. The van der Waals surface area contributed by atoms with Crippen molar-refractivity contribution in [3.05, 3.63) is 89.1 Å². The Kier molecular flexibility index (Phi) is 3.88. The Morgan fingerprint density at radius 1 is 0.909 bits per heavy atom. The molecule has 33 heavy (non-hydrogen) atoms. The van der Waals surface area contributed by atoms with Crippen molar-refractivity contribution in [1.29, 1.82) is 0 Å². The minimum absolute atomic E-state index is 0.127. The molecule has 0 unspecified atom stereocenters. The van der Waals surface area contributed by atoms with Crippen LogP contribution >= 0.6 is 0 Å². The van der Waals surface area contributed by atoms with Crippen LogP contribution < -0.4 is 0 Å². The summed E-state index contributed by atoms with van der Waals surface area (Å²) in [5, 5.41) is 2.02. The van der Waals surface area contributed by atoms with Crippen molar-refractivity contribution < 1.29 is 9.90 Å². The van der Waals surface area contributed by atoms with Gasteiger partial charge in [-0.3, -0.25) is 4.98 Å². The van der Waals surface area contributed by atoms with Gasteiger partial charge in [-0.1, -0.05) is 38.1 Å². The molecule has 0 N–H and O–H groups in total. The Balaban J connectivity index is 1.45. The summed E-state index contributed by atoms with van der Waals surface area (Å²) in [6.07, 6.45) is 6.17. The van der Waals surface area contributed by atoms with Gasteiger partial charge < -0.3 is 4.42 Å². The summed E-state index contributed by atoms with van der Waals surface area (Å²) in [5.74, 6) is -1.07.